The summed E-state index contributed by atoms with van der Waals surface area (Å²) in [6.07, 6.45) is -7.70. The lowest BCUT2D eigenvalue weighted by Gasteiger charge is -2.46. The topological polar surface area (TPSA) is 218 Å². The van der Waals surface area contributed by atoms with Crippen molar-refractivity contribution in [1.82, 2.24) is 5.32 Å². The van der Waals surface area contributed by atoms with Crippen LogP contribution in [0.5, 0.6) is 5.75 Å². The van der Waals surface area contributed by atoms with Crippen LogP contribution in [0.15, 0.2) is 24.3 Å². The van der Waals surface area contributed by atoms with E-state index in [4.69, 9.17) is 19.3 Å². The van der Waals surface area contributed by atoms with Crippen LogP contribution in [-0.4, -0.2) is 98.9 Å². The number of nitrogens with one attached hydrogen (secondary N) is 1. The molecule has 1 fully saturated rings. The van der Waals surface area contributed by atoms with Gasteiger partial charge in [0.05, 0.1) is 37.2 Å². The number of rotatable bonds is 9. The molecule has 0 aromatic heterocycles. The lowest BCUT2D eigenvalue weighted by molar-refractivity contribution is -0.384. The van der Waals surface area contributed by atoms with Gasteiger partial charge in [-0.1, -0.05) is 0 Å². The predicted molar refractivity (Wildman–Crippen MR) is 102 cm³/mol. The van der Waals surface area contributed by atoms with Crippen LogP contribution in [-0.2, 0) is 19.1 Å². The van der Waals surface area contributed by atoms with E-state index in [1.54, 1.807) is 0 Å². The quantitative estimate of drug-likeness (QED) is 0.125. The van der Waals surface area contributed by atoms with Gasteiger partial charge < -0.3 is 45.1 Å². The number of aliphatic hydroxyl groups excluding tert-OH is 5. The number of nitro groups is 1. The number of methoxy groups -OCH3 is 1. The number of amides is 1. The molecule has 178 valence electrons. The van der Waals surface area contributed by atoms with E-state index in [2.05, 4.69) is 5.32 Å². The van der Waals surface area contributed by atoms with Crippen molar-refractivity contribution in [2.45, 2.75) is 42.7 Å². The smallest absolute Gasteiger partial charge is 0.379 e. The second kappa shape index (κ2) is 10.6. The Morgan fingerprint density at radius 1 is 1.31 bits per heavy atom. The first-order valence-electron chi connectivity index (χ1n) is 9.33. The van der Waals surface area contributed by atoms with Gasteiger partial charge in [0.15, 0.2) is 0 Å². The van der Waals surface area contributed by atoms with Gasteiger partial charge in [0.1, 0.15) is 30.7 Å². The van der Waals surface area contributed by atoms with Gasteiger partial charge >= 0.3 is 11.8 Å². The molecular weight excluding hydrogens is 436 g/mol. The maximum absolute atomic E-state index is 12.6. The maximum Gasteiger partial charge on any atom is 0.379 e. The Bertz CT molecular complexity index is 819. The van der Waals surface area contributed by atoms with E-state index in [0.717, 1.165) is 31.4 Å². The molecule has 0 bridgehead atoms. The van der Waals surface area contributed by atoms with Crippen molar-refractivity contribution in [2.75, 3.05) is 20.3 Å². The molecule has 0 saturated carbocycles. The molecule has 4 unspecified atom stereocenters. The minimum Gasteiger partial charge on any atom is -0.464 e. The first kappa shape index (κ1) is 25.4. The van der Waals surface area contributed by atoms with Crippen molar-refractivity contribution in [3.05, 3.63) is 34.4 Å². The third-order valence-corrected chi connectivity index (χ3v) is 4.79. The van der Waals surface area contributed by atoms with E-state index in [1.807, 2.05) is 0 Å². The molecule has 1 aliphatic heterocycles. The molecular formula is C18H24N2O12. The fourth-order valence-electron chi connectivity index (χ4n) is 3.20. The predicted octanol–water partition coefficient (Wildman–Crippen LogP) is -2.82. The number of carbonyl (C=O) groups is 2. The Balaban J connectivity index is 2.44. The summed E-state index contributed by atoms with van der Waals surface area (Å²) in [6, 6.07) is 3.07. The summed E-state index contributed by atoms with van der Waals surface area (Å²) in [4.78, 5) is 34.4. The van der Waals surface area contributed by atoms with Gasteiger partial charge in [-0.05, 0) is 12.1 Å². The Labute approximate surface area is 181 Å². The molecule has 6 N–H and O–H groups in total. The number of non-ortho nitro benzene ring substituents is 1. The molecule has 14 heteroatoms. The van der Waals surface area contributed by atoms with E-state index in [9.17, 15) is 40.1 Å². The average Bonchev–Trinajstić information content (AvgIpc) is 2.79. The molecule has 1 amide bonds. The SMILES string of the molecule is COC(=O)C1(Oc2ccc([N+](=O)[O-])cc2)CC(O)C(NC(=O)CO)C([C@@H](O)[C@H](O)CO)O1. The van der Waals surface area contributed by atoms with Crippen molar-refractivity contribution >= 4 is 17.6 Å². The third kappa shape index (κ3) is 5.48. The fourth-order valence-corrected chi connectivity index (χ4v) is 3.20. The molecule has 1 aromatic carbocycles. The minimum atomic E-state index is -2.40. The van der Waals surface area contributed by atoms with Gasteiger partial charge in [-0.25, -0.2) is 4.79 Å². The van der Waals surface area contributed by atoms with Crippen molar-refractivity contribution < 1.29 is 54.3 Å². The molecule has 1 aromatic rings. The van der Waals surface area contributed by atoms with Gasteiger partial charge in [-0.15, -0.1) is 0 Å². The standard InChI is InChI=1S/C18H24N2O12/c1-30-17(27)18(31-10-4-2-9(3-5-10)20(28)29)6-11(23)14(19-13(25)8-22)16(32-18)15(26)12(24)7-21/h2-5,11-12,14-16,21-24,26H,6-8H2,1H3,(H,19,25)/t11?,12-,14?,15+,16?,18?/m1/s1. The van der Waals surface area contributed by atoms with Gasteiger partial charge in [-0.3, -0.25) is 14.9 Å². The Morgan fingerprint density at radius 3 is 2.44 bits per heavy atom. The number of carbonyl (C=O) groups excluding carboxylic acids is 2. The van der Waals surface area contributed by atoms with Crippen molar-refractivity contribution in [3.8, 4) is 5.75 Å². The first-order valence-corrected chi connectivity index (χ1v) is 9.33. The zero-order valence-electron chi connectivity index (χ0n) is 16.9. The minimum absolute atomic E-state index is 0.0954. The van der Waals surface area contributed by atoms with Crippen molar-refractivity contribution in [1.29, 1.82) is 0 Å². The Hall–Kier alpha value is -2.88. The highest BCUT2D eigenvalue weighted by Gasteiger charge is 2.57. The van der Waals surface area contributed by atoms with E-state index >= 15 is 0 Å². The Morgan fingerprint density at radius 2 is 1.94 bits per heavy atom. The molecule has 1 saturated heterocycles. The van der Waals surface area contributed by atoms with Gasteiger partial charge in [-0.2, -0.15) is 0 Å². The molecule has 32 heavy (non-hydrogen) atoms. The highest BCUT2D eigenvalue weighted by molar-refractivity contribution is 5.79. The van der Waals surface area contributed by atoms with Crippen LogP contribution in [0, 0.1) is 10.1 Å². The summed E-state index contributed by atoms with van der Waals surface area (Å²) in [7, 11) is 0.993. The summed E-state index contributed by atoms with van der Waals surface area (Å²) in [5.74, 6) is -4.60. The third-order valence-electron chi connectivity index (χ3n) is 4.79. The highest BCUT2D eigenvalue weighted by atomic mass is 16.7. The molecule has 1 aliphatic rings. The molecule has 0 spiro atoms. The molecule has 2 rings (SSSR count). The number of nitrogens with zero attached hydrogens (tertiary/aromatic N) is 1. The fraction of sp³-hybridized carbons (Fsp3) is 0.556. The molecule has 0 radical (unpaired) electrons. The van der Waals surface area contributed by atoms with E-state index in [0.29, 0.717) is 0 Å². The summed E-state index contributed by atoms with van der Waals surface area (Å²) in [5.41, 5.74) is -0.264. The normalized spacial score (nSPS) is 27.1. The summed E-state index contributed by atoms with van der Waals surface area (Å²) in [5, 5.41) is 62.1. The largest absolute Gasteiger partial charge is 0.464 e. The second-order valence-corrected chi connectivity index (χ2v) is 6.94. The zero-order chi connectivity index (χ0) is 24.1. The average molecular weight is 460 g/mol. The van der Waals surface area contributed by atoms with Gasteiger partial charge in [0.2, 0.25) is 5.91 Å². The van der Waals surface area contributed by atoms with Gasteiger partial charge in [0.25, 0.3) is 5.69 Å². The first-order chi connectivity index (χ1) is 15.1. The zero-order valence-corrected chi connectivity index (χ0v) is 16.9. The lowest BCUT2D eigenvalue weighted by atomic mass is 9.88. The number of esters is 1. The molecule has 0 aliphatic carbocycles. The van der Waals surface area contributed by atoms with E-state index in [1.165, 1.54) is 0 Å². The Kier molecular flexibility index (Phi) is 8.43. The van der Waals surface area contributed by atoms with Crippen LogP contribution in [0.1, 0.15) is 6.42 Å². The van der Waals surface area contributed by atoms with Crippen molar-refractivity contribution in [3.63, 3.8) is 0 Å². The molecule has 14 nitrogen and oxygen atoms in total. The van der Waals surface area contributed by atoms with Crippen LogP contribution >= 0.6 is 0 Å². The van der Waals surface area contributed by atoms with E-state index < -0.39 is 72.7 Å². The van der Waals surface area contributed by atoms with Crippen LogP contribution in [0.4, 0.5) is 5.69 Å². The van der Waals surface area contributed by atoms with Crippen molar-refractivity contribution in [2.24, 2.45) is 0 Å². The second-order valence-electron chi connectivity index (χ2n) is 6.94. The van der Waals surface area contributed by atoms with Crippen LogP contribution < -0.4 is 10.1 Å². The number of aliphatic hydroxyl groups is 5. The number of hydrogen-bond donors (Lipinski definition) is 6. The highest BCUT2D eigenvalue weighted by Crippen LogP contribution is 2.35. The summed E-state index contributed by atoms with van der Waals surface area (Å²) in [6.45, 7) is -1.89. The van der Waals surface area contributed by atoms with Gasteiger partial charge in [0, 0.05) is 12.1 Å². The monoisotopic (exact) mass is 460 g/mol. The summed E-state index contributed by atoms with van der Waals surface area (Å²) >= 11 is 0. The number of hydrogen-bond acceptors (Lipinski definition) is 12. The molecule has 6 atom stereocenters. The summed E-state index contributed by atoms with van der Waals surface area (Å²) < 4.78 is 15.9. The number of benzene rings is 1. The van der Waals surface area contributed by atoms with E-state index in [-0.39, 0.29) is 11.4 Å². The molecule has 1 heterocycles. The maximum atomic E-state index is 12.6. The number of ether oxygens (including phenoxy) is 3. The van der Waals surface area contributed by atoms with Crippen LogP contribution in [0.3, 0.4) is 0 Å². The van der Waals surface area contributed by atoms with Crippen LogP contribution in [0.2, 0.25) is 0 Å². The lowest BCUT2D eigenvalue weighted by Crippen LogP contribution is -2.69. The number of nitro benzene ring substituents is 1. The van der Waals surface area contributed by atoms with Crippen LogP contribution in [0.25, 0.3) is 0 Å².